The lowest BCUT2D eigenvalue weighted by Crippen LogP contribution is -2.17. The van der Waals surface area contributed by atoms with Crippen LogP contribution < -0.4 is 4.90 Å². The molecular weight excluding hydrogens is 659 g/mol. The van der Waals surface area contributed by atoms with E-state index in [-0.39, 0.29) is 0 Å². The predicted octanol–water partition coefficient (Wildman–Crippen LogP) is 14.7. The van der Waals surface area contributed by atoms with Crippen molar-refractivity contribution in [3.63, 3.8) is 0 Å². The Hall–Kier alpha value is -6.48. The molecule has 53 heavy (non-hydrogen) atoms. The summed E-state index contributed by atoms with van der Waals surface area (Å²) >= 11 is 1.87. The van der Waals surface area contributed by atoms with Crippen molar-refractivity contribution in [1.82, 2.24) is 0 Å². The van der Waals surface area contributed by atoms with Crippen molar-refractivity contribution in [2.24, 2.45) is 0 Å². The largest absolute Gasteiger partial charge is 0.336 e. The first-order valence-corrected chi connectivity index (χ1v) is 19.0. The maximum Gasteiger partial charge on any atom is 0.0499 e. The van der Waals surface area contributed by atoms with Gasteiger partial charge in [-0.1, -0.05) is 170 Å². The first kappa shape index (κ1) is 31.3. The van der Waals surface area contributed by atoms with Crippen LogP contribution in [0.5, 0.6) is 0 Å². The van der Waals surface area contributed by atoms with Crippen LogP contribution in [0.4, 0.5) is 11.4 Å². The third-order valence-electron chi connectivity index (χ3n) is 10.5. The molecule has 1 nitrogen and oxygen atoms in total. The van der Waals surface area contributed by atoms with Gasteiger partial charge in [0.25, 0.3) is 0 Å². The van der Waals surface area contributed by atoms with Crippen LogP contribution in [0.2, 0.25) is 0 Å². The Morgan fingerprint density at radius 1 is 0.358 bits per heavy atom. The number of rotatable bonds is 7. The summed E-state index contributed by atoms with van der Waals surface area (Å²) in [6.07, 6.45) is 0. The molecule has 2 heteroatoms. The molecule has 0 amide bonds. The summed E-state index contributed by atoms with van der Waals surface area (Å²) < 4.78 is 2.61. The topological polar surface area (TPSA) is 3.24 Å². The second-order valence-corrected chi connectivity index (χ2v) is 14.8. The van der Waals surface area contributed by atoms with Gasteiger partial charge in [-0.3, -0.25) is 0 Å². The molecule has 0 saturated carbocycles. The van der Waals surface area contributed by atoms with Crippen molar-refractivity contribution in [2.75, 3.05) is 4.90 Å². The van der Waals surface area contributed by atoms with Crippen LogP contribution in [0.15, 0.2) is 200 Å². The standard InChI is InChI=1S/C51H35NS/c1-3-13-36(14-4-1)37-25-23-35(24-26-37)34-52(41-28-30-47-46-21-11-12-22-50(46)53-51(47)33-41)49-32-40(27-29-43(49)38-15-5-2-6-16-38)48-31-39-17-7-8-18-42(39)44-19-9-10-20-45(44)48/h1-33H,34H2. The minimum atomic E-state index is 0.716. The van der Waals surface area contributed by atoms with E-state index in [1.807, 2.05) is 11.3 Å². The fourth-order valence-electron chi connectivity index (χ4n) is 7.89. The molecule has 250 valence electrons. The van der Waals surface area contributed by atoms with Crippen molar-refractivity contribution < 1.29 is 0 Å². The van der Waals surface area contributed by atoms with Gasteiger partial charge in [0.05, 0.1) is 0 Å². The highest BCUT2D eigenvalue weighted by Crippen LogP contribution is 2.44. The molecule has 1 aromatic heterocycles. The molecule has 10 aromatic rings. The van der Waals surface area contributed by atoms with Gasteiger partial charge < -0.3 is 4.90 Å². The number of fused-ring (bicyclic) bond motifs is 6. The van der Waals surface area contributed by atoms with Crippen LogP contribution in [0.3, 0.4) is 0 Å². The molecule has 0 N–H and O–H groups in total. The minimum Gasteiger partial charge on any atom is -0.336 e. The summed E-state index contributed by atoms with van der Waals surface area (Å²) in [4.78, 5) is 2.52. The zero-order valence-corrected chi connectivity index (χ0v) is 29.9. The second-order valence-electron chi connectivity index (χ2n) is 13.7. The van der Waals surface area contributed by atoms with E-state index >= 15 is 0 Å². The Bertz CT molecular complexity index is 2910. The normalized spacial score (nSPS) is 11.5. The second kappa shape index (κ2) is 13.2. The molecule has 9 aromatic carbocycles. The number of nitrogens with zero attached hydrogens (tertiary/aromatic N) is 1. The zero-order chi connectivity index (χ0) is 35.1. The summed E-state index contributed by atoms with van der Waals surface area (Å²) in [6.45, 7) is 0.716. The van der Waals surface area contributed by atoms with Gasteiger partial charge in [-0.2, -0.15) is 0 Å². The van der Waals surface area contributed by atoms with E-state index in [0.717, 1.165) is 0 Å². The number of thiophene rings is 1. The highest BCUT2D eigenvalue weighted by Gasteiger charge is 2.20. The van der Waals surface area contributed by atoms with Crippen LogP contribution in [0, 0.1) is 0 Å². The molecule has 10 rings (SSSR count). The Kier molecular flexibility index (Phi) is 7.82. The summed E-state index contributed by atoms with van der Waals surface area (Å²) in [7, 11) is 0. The van der Waals surface area contributed by atoms with E-state index < -0.39 is 0 Å². The van der Waals surface area contributed by atoms with E-state index in [1.165, 1.54) is 92.0 Å². The van der Waals surface area contributed by atoms with Crippen molar-refractivity contribution in [3.05, 3.63) is 206 Å². The van der Waals surface area contributed by atoms with E-state index in [1.54, 1.807) is 0 Å². The molecule has 0 aliphatic rings. The van der Waals surface area contributed by atoms with E-state index in [9.17, 15) is 0 Å². The van der Waals surface area contributed by atoms with E-state index in [4.69, 9.17) is 0 Å². The molecule has 0 aliphatic carbocycles. The lowest BCUT2D eigenvalue weighted by molar-refractivity contribution is 0.978. The predicted molar refractivity (Wildman–Crippen MR) is 229 cm³/mol. The average Bonchev–Trinajstić information content (AvgIpc) is 3.61. The van der Waals surface area contributed by atoms with Crippen molar-refractivity contribution in [3.8, 4) is 33.4 Å². The molecule has 0 fully saturated rings. The smallest absolute Gasteiger partial charge is 0.0499 e. The molecule has 0 aliphatic heterocycles. The first-order chi connectivity index (χ1) is 26.3. The van der Waals surface area contributed by atoms with Gasteiger partial charge in [-0.05, 0) is 85.3 Å². The molecule has 0 spiro atoms. The van der Waals surface area contributed by atoms with Crippen molar-refractivity contribution in [1.29, 1.82) is 0 Å². The molecule has 0 radical (unpaired) electrons. The molecular formula is C51H35NS. The average molecular weight is 694 g/mol. The summed E-state index contributed by atoms with van der Waals surface area (Å²) in [5.41, 5.74) is 10.9. The Balaban J connectivity index is 1.19. The maximum absolute atomic E-state index is 2.52. The van der Waals surface area contributed by atoms with Crippen LogP contribution in [-0.4, -0.2) is 0 Å². The molecule has 0 unspecified atom stereocenters. The fraction of sp³-hybridized carbons (Fsp3) is 0.0196. The lowest BCUT2D eigenvalue weighted by atomic mass is 9.91. The van der Waals surface area contributed by atoms with Crippen molar-refractivity contribution in [2.45, 2.75) is 6.54 Å². The van der Waals surface area contributed by atoms with Gasteiger partial charge in [0.15, 0.2) is 0 Å². The van der Waals surface area contributed by atoms with Gasteiger partial charge in [-0.15, -0.1) is 11.3 Å². The van der Waals surface area contributed by atoms with Gasteiger partial charge in [0.2, 0.25) is 0 Å². The minimum absolute atomic E-state index is 0.716. The third-order valence-corrected chi connectivity index (χ3v) is 11.7. The van der Waals surface area contributed by atoms with E-state index in [2.05, 4.69) is 205 Å². The molecule has 1 heterocycles. The van der Waals surface area contributed by atoms with Gasteiger partial charge >= 0.3 is 0 Å². The third kappa shape index (κ3) is 5.74. The van der Waals surface area contributed by atoms with E-state index in [0.29, 0.717) is 6.54 Å². The Morgan fingerprint density at radius 3 is 1.75 bits per heavy atom. The number of hydrogen-bond acceptors (Lipinski definition) is 2. The van der Waals surface area contributed by atoms with Gasteiger partial charge in [-0.25, -0.2) is 0 Å². The van der Waals surface area contributed by atoms with Crippen LogP contribution >= 0.6 is 11.3 Å². The molecule has 0 saturated heterocycles. The summed E-state index contributed by atoms with van der Waals surface area (Å²) in [6, 6.07) is 73.3. The highest BCUT2D eigenvalue weighted by molar-refractivity contribution is 7.25. The first-order valence-electron chi connectivity index (χ1n) is 18.2. The maximum atomic E-state index is 2.52. The summed E-state index contributed by atoms with van der Waals surface area (Å²) in [5.74, 6) is 0. The van der Waals surface area contributed by atoms with Gasteiger partial charge in [0, 0.05) is 43.7 Å². The summed E-state index contributed by atoms with van der Waals surface area (Å²) in [5, 5.41) is 7.70. The fourth-order valence-corrected chi connectivity index (χ4v) is 9.03. The number of hydrogen-bond donors (Lipinski definition) is 0. The van der Waals surface area contributed by atoms with Crippen LogP contribution in [-0.2, 0) is 6.54 Å². The molecule has 0 atom stereocenters. The SMILES string of the molecule is c1ccc(-c2ccc(CN(c3ccc4c(c3)sc3ccccc34)c3cc(-c4cc5ccccc5c5ccccc45)ccc3-c3ccccc3)cc2)cc1. The quantitative estimate of drug-likeness (QED) is 0.150. The monoisotopic (exact) mass is 693 g/mol. The van der Waals surface area contributed by atoms with Crippen LogP contribution in [0.25, 0.3) is 75.1 Å². The number of benzene rings is 9. The highest BCUT2D eigenvalue weighted by atomic mass is 32.1. The molecule has 0 bridgehead atoms. The number of anilines is 2. The Morgan fingerprint density at radius 2 is 0.962 bits per heavy atom. The Labute approximate surface area is 313 Å². The lowest BCUT2D eigenvalue weighted by Gasteiger charge is -2.29. The zero-order valence-electron chi connectivity index (χ0n) is 29.1. The van der Waals surface area contributed by atoms with Crippen molar-refractivity contribution >= 4 is 64.4 Å². The van der Waals surface area contributed by atoms with Crippen LogP contribution in [0.1, 0.15) is 5.56 Å². The van der Waals surface area contributed by atoms with Gasteiger partial charge in [0.1, 0.15) is 0 Å².